The van der Waals surface area contributed by atoms with Crippen LogP contribution in [0.15, 0.2) is 24.3 Å². The number of hydrogen-bond acceptors (Lipinski definition) is 4. The quantitative estimate of drug-likeness (QED) is 0.905. The molecule has 23 heavy (non-hydrogen) atoms. The van der Waals surface area contributed by atoms with Crippen molar-refractivity contribution in [3.8, 4) is 5.75 Å². The number of benzene rings is 1. The van der Waals surface area contributed by atoms with Crippen LogP contribution in [0, 0.1) is 5.82 Å². The van der Waals surface area contributed by atoms with E-state index in [2.05, 4.69) is 5.32 Å². The highest BCUT2D eigenvalue weighted by Crippen LogP contribution is 2.20. The van der Waals surface area contributed by atoms with Crippen molar-refractivity contribution in [1.82, 2.24) is 10.2 Å². The van der Waals surface area contributed by atoms with Crippen LogP contribution in [0.5, 0.6) is 5.75 Å². The van der Waals surface area contributed by atoms with Crippen LogP contribution in [0.2, 0.25) is 0 Å². The maximum Gasteiger partial charge on any atom is 0.253 e. The van der Waals surface area contributed by atoms with E-state index in [4.69, 9.17) is 9.47 Å². The van der Waals surface area contributed by atoms with Gasteiger partial charge in [-0.25, -0.2) is 4.39 Å². The van der Waals surface area contributed by atoms with Crippen molar-refractivity contribution in [3.63, 3.8) is 0 Å². The third-order valence-corrected chi connectivity index (χ3v) is 4.07. The fourth-order valence-corrected chi connectivity index (χ4v) is 2.83. The van der Waals surface area contributed by atoms with Crippen LogP contribution in [0.1, 0.15) is 12.8 Å². The van der Waals surface area contributed by atoms with Crippen LogP contribution in [-0.2, 0) is 9.53 Å². The van der Waals surface area contributed by atoms with E-state index >= 15 is 0 Å². The second-order valence-corrected chi connectivity index (χ2v) is 5.66. The van der Waals surface area contributed by atoms with E-state index in [0.717, 1.165) is 19.4 Å². The molecule has 5 nitrogen and oxygen atoms in total. The summed E-state index contributed by atoms with van der Waals surface area (Å²) in [6, 6.07) is 6.05. The van der Waals surface area contributed by atoms with Gasteiger partial charge in [-0.05, 0) is 24.3 Å². The summed E-state index contributed by atoms with van der Waals surface area (Å²) in [7, 11) is 0. The van der Waals surface area contributed by atoms with Gasteiger partial charge in [0.25, 0.3) is 5.91 Å². The maximum atomic E-state index is 12.9. The molecule has 1 N–H and O–H groups in total. The van der Waals surface area contributed by atoms with E-state index in [0.29, 0.717) is 32.0 Å². The number of carbonyl (C=O) groups excluding carboxylic acids is 1. The van der Waals surface area contributed by atoms with Crippen molar-refractivity contribution in [1.29, 1.82) is 0 Å². The van der Waals surface area contributed by atoms with Gasteiger partial charge in [0.2, 0.25) is 0 Å². The molecule has 1 aromatic carbocycles. The fourth-order valence-electron chi connectivity index (χ4n) is 2.83. The SMILES string of the molecule is Cl.O=C(C1CNCCO1)N1CCC(Oc2ccc(F)cc2)CC1. The van der Waals surface area contributed by atoms with E-state index in [-0.39, 0.29) is 36.3 Å². The first-order chi connectivity index (χ1) is 10.7. The molecule has 2 aliphatic heterocycles. The molecule has 0 aliphatic carbocycles. The van der Waals surface area contributed by atoms with E-state index < -0.39 is 0 Å². The zero-order chi connectivity index (χ0) is 15.4. The minimum absolute atomic E-state index is 0. The average molecular weight is 345 g/mol. The standard InChI is InChI=1S/C16H21FN2O3.ClH/c17-12-1-3-13(4-2-12)22-14-5-8-19(9-6-14)16(20)15-11-18-7-10-21-15;/h1-4,14-15,18H,5-11H2;1H. The summed E-state index contributed by atoms with van der Waals surface area (Å²) in [6.07, 6.45) is 1.27. The molecule has 2 heterocycles. The summed E-state index contributed by atoms with van der Waals surface area (Å²) in [5.41, 5.74) is 0. The Labute approximate surface area is 141 Å². The normalized spacial score (nSPS) is 22.3. The van der Waals surface area contributed by atoms with Crippen molar-refractivity contribution in [2.24, 2.45) is 0 Å². The molecule has 2 saturated heterocycles. The van der Waals surface area contributed by atoms with Gasteiger partial charge in [0.05, 0.1) is 6.61 Å². The van der Waals surface area contributed by atoms with Gasteiger partial charge in [-0.15, -0.1) is 12.4 Å². The lowest BCUT2D eigenvalue weighted by atomic mass is 10.1. The van der Waals surface area contributed by atoms with Gasteiger partial charge in [0.15, 0.2) is 0 Å². The summed E-state index contributed by atoms with van der Waals surface area (Å²) in [6.45, 7) is 3.32. The lowest BCUT2D eigenvalue weighted by molar-refractivity contribution is -0.147. The highest BCUT2D eigenvalue weighted by Gasteiger charge is 2.30. The molecule has 1 unspecified atom stereocenters. The van der Waals surface area contributed by atoms with Gasteiger partial charge in [0.1, 0.15) is 23.8 Å². The van der Waals surface area contributed by atoms with Crippen LogP contribution in [0.4, 0.5) is 4.39 Å². The summed E-state index contributed by atoms with van der Waals surface area (Å²) in [4.78, 5) is 14.2. The van der Waals surface area contributed by atoms with Gasteiger partial charge in [-0.3, -0.25) is 4.79 Å². The minimum atomic E-state index is -0.358. The van der Waals surface area contributed by atoms with Crippen LogP contribution in [0.25, 0.3) is 0 Å². The van der Waals surface area contributed by atoms with E-state index in [1.54, 1.807) is 12.1 Å². The number of carbonyl (C=O) groups is 1. The van der Waals surface area contributed by atoms with Gasteiger partial charge >= 0.3 is 0 Å². The zero-order valence-electron chi connectivity index (χ0n) is 12.9. The number of piperidine rings is 1. The van der Waals surface area contributed by atoms with Gasteiger partial charge < -0.3 is 19.7 Å². The topological polar surface area (TPSA) is 50.8 Å². The first kappa shape index (κ1) is 18.0. The smallest absolute Gasteiger partial charge is 0.253 e. The maximum absolute atomic E-state index is 12.9. The lowest BCUT2D eigenvalue weighted by Gasteiger charge is -2.35. The Morgan fingerprint density at radius 1 is 1.26 bits per heavy atom. The third kappa shape index (κ3) is 4.80. The largest absolute Gasteiger partial charge is 0.490 e. The first-order valence-electron chi connectivity index (χ1n) is 7.76. The summed E-state index contributed by atoms with van der Waals surface area (Å²) in [5, 5.41) is 3.17. The predicted molar refractivity (Wildman–Crippen MR) is 86.5 cm³/mol. The second-order valence-electron chi connectivity index (χ2n) is 5.66. The number of ether oxygens (including phenoxy) is 2. The molecule has 0 aromatic heterocycles. The molecule has 1 amide bonds. The first-order valence-corrected chi connectivity index (χ1v) is 7.76. The molecule has 3 rings (SSSR count). The monoisotopic (exact) mass is 344 g/mol. The van der Waals surface area contributed by atoms with Crippen molar-refractivity contribution >= 4 is 18.3 Å². The molecule has 7 heteroatoms. The Hall–Kier alpha value is -1.37. The summed E-state index contributed by atoms with van der Waals surface area (Å²) >= 11 is 0. The summed E-state index contributed by atoms with van der Waals surface area (Å²) < 4.78 is 24.2. The Bertz CT molecular complexity index is 501. The predicted octanol–water partition coefficient (Wildman–Crippen LogP) is 1.61. The lowest BCUT2D eigenvalue weighted by Crippen LogP contribution is -2.52. The fraction of sp³-hybridized carbons (Fsp3) is 0.562. The Balaban J connectivity index is 0.00000192. The van der Waals surface area contributed by atoms with Gasteiger partial charge in [-0.2, -0.15) is 0 Å². The van der Waals surface area contributed by atoms with Crippen LogP contribution >= 0.6 is 12.4 Å². The molecule has 2 aliphatic rings. The number of nitrogens with zero attached hydrogens (tertiary/aromatic N) is 1. The molecule has 128 valence electrons. The average Bonchev–Trinajstić information content (AvgIpc) is 2.58. The van der Waals surface area contributed by atoms with Crippen LogP contribution in [-0.4, -0.2) is 55.8 Å². The Morgan fingerprint density at radius 2 is 1.96 bits per heavy atom. The molecular formula is C16H22ClFN2O3. The van der Waals surface area contributed by atoms with E-state index in [1.165, 1.54) is 12.1 Å². The number of halogens is 2. The molecule has 0 spiro atoms. The highest BCUT2D eigenvalue weighted by atomic mass is 35.5. The van der Waals surface area contributed by atoms with Crippen molar-refractivity contribution in [2.45, 2.75) is 25.0 Å². The Morgan fingerprint density at radius 3 is 2.57 bits per heavy atom. The zero-order valence-corrected chi connectivity index (χ0v) is 13.7. The van der Waals surface area contributed by atoms with E-state index in [9.17, 15) is 9.18 Å². The molecular weight excluding hydrogens is 323 g/mol. The number of morpholine rings is 1. The van der Waals surface area contributed by atoms with Gasteiger partial charge in [0, 0.05) is 39.0 Å². The van der Waals surface area contributed by atoms with Crippen LogP contribution in [0.3, 0.4) is 0 Å². The molecule has 1 aromatic rings. The van der Waals surface area contributed by atoms with Crippen molar-refractivity contribution in [2.75, 3.05) is 32.8 Å². The van der Waals surface area contributed by atoms with Crippen molar-refractivity contribution < 1.29 is 18.7 Å². The highest BCUT2D eigenvalue weighted by molar-refractivity contribution is 5.85. The number of amides is 1. The number of rotatable bonds is 3. The second kappa shape index (κ2) is 8.47. The summed E-state index contributed by atoms with van der Waals surface area (Å²) in [5.74, 6) is 0.465. The van der Waals surface area contributed by atoms with Gasteiger partial charge in [-0.1, -0.05) is 0 Å². The van der Waals surface area contributed by atoms with Crippen LogP contribution < -0.4 is 10.1 Å². The molecule has 1 atom stereocenters. The molecule has 2 fully saturated rings. The molecule has 0 radical (unpaired) electrons. The van der Waals surface area contributed by atoms with Crippen molar-refractivity contribution in [3.05, 3.63) is 30.1 Å². The number of nitrogens with one attached hydrogen (secondary N) is 1. The molecule has 0 bridgehead atoms. The minimum Gasteiger partial charge on any atom is -0.490 e. The molecule has 0 saturated carbocycles. The number of likely N-dealkylation sites (tertiary alicyclic amines) is 1. The third-order valence-electron chi connectivity index (χ3n) is 4.07. The number of hydrogen-bond donors (Lipinski definition) is 1. The Kier molecular flexibility index (Phi) is 6.62. The van der Waals surface area contributed by atoms with E-state index in [1.807, 2.05) is 4.90 Å².